The van der Waals surface area contributed by atoms with Crippen LogP contribution in [0, 0.1) is 0 Å². The second-order valence-corrected chi connectivity index (χ2v) is 21.9. The van der Waals surface area contributed by atoms with E-state index in [0.717, 1.165) is 17.1 Å². The van der Waals surface area contributed by atoms with Crippen LogP contribution in [0.4, 0.5) is 17.1 Å². The first-order valence-corrected chi connectivity index (χ1v) is 27.4. The second kappa shape index (κ2) is 17.8. The molecule has 12 aromatic rings. The summed E-state index contributed by atoms with van der Waals surface area (Å²) in [5.74, 6) is 0. The molecule has 3 aliphatic carbocycles. The number of fused-ring (bicyclic) bond motifs is 9. The van der Waals surface area contributed by atoms with Crippen molar-refractivity contribution in [1.29, 1.82) is 0 Å². The molecular formula is C77H55N. The summed E-state index contributed by atoms with van der Waals surface area (Å²) in [5.41, 5.74) is 27.7. The monoisotopic (exact) mass is 993 g/mol. The third kappa shape index (κ3) is 6.68. The first-order valence-electron chi connectivity index (χ1n) is 27.4. The standard InChI is InChI=1S/C77H55N/c1-75(2)69-35-18-15-32-63(69)66-45-43-62(51-74(66)75)78(61-44-47-73-68(50-61)65-34-17-19-36-70(65)76(73,56-25-9-4-10-26-56)57-27-11-5-12-28-57)60-41-38-53(39-42-60)55-40-46-72-67(49-55)64-33-16-20-37-71(64)77(72,58-29-13-6-14-30-58)59-31-21-24-54(48-59)52-22-7-3-8-23-52/h3-51H,1-2H3. The van der Waals surface area contributed by atoms with Crippen LogP contribution in [0.3, 0.4) is 0 Å². The molecule has 0 aromatic heterocycles. The van der Waals surface area contributed by atoms with E-state index in [4.69, 9.17) is 0 Å². The lowest BCUT2D eigenvalue weighted by Gasteiger charge is -2.34. The highest BCUT2D eigenvalue weighted by atomic mass is 15.1. The summed E-state index contributed by atoms with van der Waals surface area (Å²) in [6.45, 7) is 4.75. The fourth-order valence-electron chi connectivity index (χ4n) is 14.2. The van der Waals surface area contributed by atoms with Gasteiger partial charge in [0.25, 0.3) is 0 Å². The molecule has 0 N–H and O–H groups in total. The van der Waals surface area contributed by atoms with Gasteiger partial charge >= 0.3 is 0 Å². The lowest BCUT2D eigenvalue weighted by molar-refractivity contribution is 0.660. The van der Waals surface area contributed by atoms with E-state index in [0.29, 0.717) is 0 Å². The molecule has 12 aromatic carbocycles. The minimum absolute atomic E-state index is 0.158. The van der Waals surface area contributed by atoms with Crippen molar-refractivity contribution >= 4 is 17.1 Å². The Morgan fingerprint density at radius 2 is 0.590 bits per heavy atom. The summed E-state index contributed by atoms with van der Waals surface area (Å²) in [5, 5.41) is 0. The Bertz CT molecular complexity index is 4230. The molecular weight excluding hydrogens is 939 g/mol. The van der Waals surface area contributed by atoms with Crippen molar-refractivity contribution in [2.45, 2.75) is 30.1 Å². The Hall–Kier alpha value is -9.56. The van der Waals surface area contributed by atoms with Gasteiger partial charge in [-0.15, -0.1) is 0 Å². The quantitative estimate of drug-likeness (QED) is 0.139. The van der Waals surface area contributed by atoms with Gasteiger partial charge in [0, 0.05) is 22.5 Å². The van der Waals surface area contributed by atoms with Crippen LogP contribution in [0.15, 0.2) is 297 Å². The zero-order valence-electron chi connectivity index (χ0n) is 43.7. The van der Waals surface area contributed by atoms with Gasteiger partial charge in [-0.1, -0.05) is 263 Å². The predicted octanol–water partition coefficient (Wildman–Crippen LogP) is 19.5. The molecule has 1 nitrogen and oxygen atoms in total. The van der Waals surface area contributed by atoms with Crippen molar-refractivity contribution in [2.24, 2.45) is 0 Å². The van der Waals surface area contributed by atoms with Gasteiger partial charge in [0.05, 0.1) is 10.8 Å². The fourth-order valence-corrected chi connectivity index (χ4v) is 14.2. The van der Waals surface area contributed by atoms with E-state index >= 15 is 0 Å². The van der Waals surface area contributed by atoms with E-state index in [2.05, 4.69) is 316 Å². The summed E-state index contributed by atoms with van der Waals surface area (Å²) in [4.78, 5) is 2.48. The molecule has 0 bridgehead atoms. The summed E-state index contributed by atoms with van der Waals surface area (Å²) in [6, 6.07) is 111. The second-order valence-electron chi connectivity index (χ2n) is 21.9. The van der Waals surface area contributed by atoms with Gasteiger partial charge in [0.2, 0.25) is 0 Å². The van der Waals surface area contributed by atoms with Crippen LogP contribution in [0.25, 0.3) is 55.6 Å². The maximum atomic E-state index is 2.48. The van der Waals surface area contributed by atoms with Crippen LogP contribution in [-0.2, 0) is 16.2 Å². The number of benzene rings is 12. The van der Waals surface area contributed by atoms with Crippen LogP contribution in [0.1, 0.15) is 69.5 Å². The van der Waals surface area contributed by atoms with E-state index < -0.39 is 10.8 Å². The molecule has 15 rings (SSSR count). The number of rotatable bonds is 9. The lowest BCUT2D eigenvalue weighted by atomic mass is 9.67. The molecule has 3 aliphatic rings. The highest BCUT2D eigenvalue weighted by Gasteiger charge is 2.48. The van der Waals surface area contributed by atoms with Gasteiger partial charge in [-0.25, -0.2) is 0 Å². The zero-order valence-corrected chi connectivity index (χ0v) is 43.7. The first kappa shape index (κ1) is 45.8. The third-order valence-corrected chi connectivity index (χ3v) is 17.6. The third-order valence-electron chi connectivity index (χ3n) is 17.6. The fraction of sp³-hybridized carbons (Fsp3) is 0.0649. The topological polar surface area (TPSA) is 3.24 Å². The Balaban J connectivity index is 0.882. The average molecular weight is 994 g/mol. The van der Waals surface area contributed by atoms with Crippen molar-refractivity contribution in [3.8, 4) is 55.6 Å². The Morgan fingerprint density at radius 1 is 0.218 bits per heavy atom. The van der Waals surface area contributed by atoms with Crippen molar-refractivity contribution in [3.05, 3.63) is 353 Å². The maximum absolute atomic E-state index is 2.48. The smallest absolute Gasteiger partial charge is 0.0713 e. The van der Waals surface area contributed by atoms with Gasteiger partial charge in [0.1, 0.15) is 0 Å². The van der Waals surface area contributed by atoms with Gasteiger partial charge in [-0.2, -0.15) is 0 Å². The number of anilines is 3. The Labute approximate surface area is 458 Å². The molecule has 0 fully saturated rings. The molecule has 1 atom stereocenters. The molecule has 0 heterocycles. The van der Waals surface area contributed by atoms with Crippen LogP contribution in [0.2, 0.25) is 0 Å². The van der Waals surface area contributed by atoms with Crippen molar-refractivity contribution < 1.29 is 0 Å². The summed E-state index contributed by atoms with van der Waals surface area (Å²) >= 11 is 0. The molecule has 0 spiro atoms. The van der Waals surface area contributed by atoms with Crippen molar-refractivity contribution in [2.75, 3.05) is 4.90 Å². The molecule has 1 unspecified atom stereocenters. The highest BCUT2D eigenvalue weighted by Crippen LogP contribution is 2.59. The van der Waals surface area contributed by atoms with Crippen LogP contribution in [0.5, 0.6) is 0 Å². The Kier molecular flexibility index (Phi) is 10.4. The lowest BCUT2D eigenvalue weighted by Crippen LogP contribution is -2.28. The first-order chi connectivity index (χ1) is 38.4. The van der Waals surface area contributed by atoms with E-state index in [1.165, 1.54) is 111 Å². The van der Waals surface area contributed by atoms with Crippen LogP contribution >= 0.6 is 0 Å². The number of hydrogen-bond donors (Lipinski definition) is 0. The van der Waals surface area contributed by atoms with E-state index in [1.807, 2.05) is 0 Å². The SMILES string of the molecule is CC1(C)c2ccccc2-c2ccc(N(c3ccc(-c4ccc5c(c4)-c4ccccc4C5(c4ccccc4)c4cccc(-c5ccccc5)c4)cc3)c3ccc4c(c3)-c3ccccc3C4(c3ccccc3)c3ccccc3)cc21. The summed E-state index contributed by atoms with van der Waals surface area (Å²) < 4.78 is 0. The van der Waals surface area contributed by atoms with Crippen molar-refractivity contribution in [3.63, 3.8) is 0 Å². The molecule has 1 heteroatoms. The minimum Gasteiger partial charge on any atom is -0.310 e. The molecule has 0 amide bonds. The summed E-state index contributed by atoms with van der Waals surface area (Å²) in [6.07, 6.45) is 0. The molecule has 0 radical (unpaired) electrons. The van der Waals surface area contributed by atoms with Crippen LogP contribution in [-0.4, -0.2) is 0 Å². The largest absolute Gasteiger partial charge is 0.310 e. The molecule has 0 aliphatic heterocycles. The summed E-state index contributed by atoms with van der Waals surface area (Å²) in [7, 11) is 0. The maximum Gasteiger partial charge on any atom is 0.0713 e. The molecule has 0 saturated carbocycles. The van der Waals surface area contributed by atoms with Crippen molar-refractivity contribution in [1.82, 2.24) is 0 Å². The normalized spacial score (nSPS) is 15.6. The van der Waals surface area contributed by atoms with Crippen LogP contribution < -0.4 is 4.90 Å². The van der Waals surface area contributed by atoms with Gasteiger partial charge in [-0.3, -0.25) is 0 Å². The predicted molar refractivity (Wildman–Crippen MR) is 324 cm³/mol. The van der Waals surface area contributed by atoms with E-state index in [1.54, 1.807) is 0 Å². The van der Waals surface area contributed by atoms with E-state index in [-0.39, 0.29) is 5.41 Å². The number of nitrogens with zero attached hydrogens (tertiary/aromatic N) is 1. The molecule has 0 saturated heterocycles. The van der Waals surface area contributed by atoms with Gasteiger partial charge in [0.15, 0.2) is 0 Å². The van der Waals surface area contributed by atoms with Gasteiger partial charge in [-0.05, 0) is 160 Å². The zero-order chi connectivity index (χ0) is 52.0. The van der Waals surface area contributed by atoms with Gasteiger partial charge < -0.3 is 4.90 Å². The molecule has 78 heavy (non-hydrogen) atoms. The van der Waals surface area contributed by atoms with E-state index in [9.17, 15) is 0 Å². The number of hydrogen-bond acceptors (Lipinski definition) is 1. The minimum atomic E-state index is -0.509. The highest BCUT2D eigenvalue weighted by molar-refractivity contribution is 5.93. The average Bonchev–Trinajstić information content (AvgIpc) is 4.28. The Morgan fingerprint density at radius 3 is 1.19 bits per heavy atom. The molecule has 368 valence electrons.